The van der Waals surface area contributed by atoms with E-state index in [4.69, 9.17) is 11.6 Å². The minimum Gasteiger partial charge on any atom is -0.388 e. The van der Waals surface area contributed by atoms with Gasteiger partial charge in [0.2, 0.25) is 0 Å². The van der Waals surface area contributed by atoms with E-state index < -0.39 is 27.7 Å². The number of aryl methyl sites for hydroxylation is 1. The molecular formula is C24H23ClFN5O4S. The van der Waals surface area contributed by atoms with Crippen LogP contribution in [0.1, 0.15) is 31.2 Å². The van der Waals surface area contributed by atoms with Crippen LogP contribution < -0.4 is 5.32 Å². The number of aliphatic hydroxyl groups excluding tert-OH is 1. The van der Waals surface area contributed by atoms with Gasteiger partial charge in [-0.2, -0.15) is 0 Å². The maximum absolute atomic E-state index is 14.6. The number of hydrogen-bond donors (Lipinski definition) is 3. The maximum Gasteiger partial charge on any atom is 0.269 e. The van der Waals surface area contributed by atoms with Crippen molar-refractivity contribution < 1.29 is 23.0 Å². The van der Waals surface area contributed by atoms with Gasteiger partial charge >= 0.3 is 0 Å². The molecule has 1 saturated carbocycles. The lowest BCUT2D eigenvalue weighted by atomic mass is 9.89. The van der Waals surface area contributed by atoms with E-state index in [9.17, 15) is 23.0 Å². The molecule has 5 rings (SSSR count). The number of pyridine rings is 1. The van der Waals surface area contributed by atoms with Gasteiger partial charge in [0.1, 0.15) is 6.10 Å². The topological polar surface area (TPSA) is 130 Å². The Balaban J connectivity index is 1.64. The molecule has 1 aliphatic carbocycles. The van der Waals surface area contributed by atoms with Crippen LogP contribution >= 0.6 is 11.6 Å². The fourth-order valence-electron chi connectivity index (χ4n) is 4.31. The van der Waals surface area contributed by atoms with Gasteiger partial charge in [0.15, 0.2) is 28.8 Å². The van der Waals surface area contributed by atoms with Gasteiger partial charge in [-0.1, -0.05) is 35.7 Å². The average molecular weight is 532 g/mol. The van der Waals surface area contributed by atoms with Crippen molar-refractivity contribution in [3.63, 3.8) is 0 Å². The Hall–Kier alpha value is -3.12. The van der Waals surface area contributed by atoms with E-state index in [1.807, 2.05) is 6.92 Å². The number of nitrogens with zero attached hydrogens (tertiary/aromatic N) is 4. The first-order valence-corrected chi connectivity index (χ1v) is 13.1. The molecule has 1 aromatic carbocycles. The van der Waals surface area contributed by atoms with Crippen LogP contribution in [0.4, 0.5) is 10.2 Å². The van der Waals surface area contributed by atoms with Gasteiger partial charge in [-0.25, -0.2) is 31.7 Å². The Bertz CT molecular complexity index is 1560. The number of aromatic nitrogens is 4. The smallest absolute Gasteiger partial charge is 0.269 e. The normalized spacial score (nSPS) is 20.5. The van der Waals surface area contributed by atoms with E-state index in [0.29, 0.717) is 18.2 Å². The summed E-state index contributed by atoms with van der Waals surface area (Å²) in [5.41, 5.74) is -0.506. The van der Waals surface area contributed by atoms with Gasteiger partial charge < -0.3 is 15.5 Å². The largest absolute Gasteiger partial charge is 0.388 e. The van der Waals surface area contributed by atoms with Crippen molar-refractivity contribution >= 4 is 38.5 Å². The van der Waals surface area contributed by atoms with Crippen molar-refractivity contribution in [3.05, 3.63) is 65.3 Å². The Labute approximate surface area is 211 Å². The summed E-state index contributed by atoms with van der Waals surface area (Å²) in [5.74, 6) is -1.17. The van der Waals surface area contributed by atoms with Crippen molar-refractivity contribution in [1.29, 1.82) is 0 Å². The standard InChI is InChI=1S/C24H23ClFN5O4S/c1-14-5-7-16(8-6-14)36(34,35)31-13-18(17-10-15(25)11-28-23(17)31)21-27-12-19(26)22(29-21)30-24(33)9-3-2-4-20(24)32/h5-8,10-13,20,32-33H,2-4,9H2,1H3,(H,27,29,30). The first kappa shape index (κ1) is 24.6. The zero-order chi connectivity index (χ0) is 25.7. The van der Waals surface area contributed by atoms with Crippen molar-refractivity contribution in [1.82, 2.24) is 18.9 Å². The van der Waals surface area contributed by atoms with Gasteiger partial charge in [-0.05, 0) is 44.4 Å². The van der Waals surface area contributed by atoms with E-state index in [2.05, 4.69) is 20.3 Å². The Morgan fingerprint density at radius 3 is 2.67 bits per heavy atom. The first-order valence-electron chi connectivity index (χ1n) is 11.3. The lowest BCUT2D eigenvalue weighted by Crippen LogP contribution is -2.51. The summed E-state index contributed by atoms with van der Waals surface area (Å²) in [6.07, 6.45) is 4.41. The van der Waals surface area contributed by atoms with E-state index in [1.54, 1.807) is 12.1 Å². The molecule has 1 aliphatic rings. The highest BCUT2D eigenvalue weighted by Crippen LogP contribution is 2.34. The molecule has 0 radical (unpaired) electrons. The molecular weight excluding hydrogens is 509 g/mol. The number of benzene rings is 1. The predicted molar refractivity (Wildman–Crippen MR) is 133 cm³/mol. The van der Waals surface area contributed by atoms with E-state index in [-0.39, 0.29) is 39.2 Å². The summed E-state index contributed by atoms with van der Waals surface area (Å²) in [6.45, 7) is 1.85. The summed E-state index contributed by atoms with van der Waals surface area (Å²) in [5, 5.41) is 24.4. The zero-order valence-electron chi connectivity index (χ0n) is 19.2. The minimum absolute atomic E-state index is 0.0141. The second-order valence-electron chi connectivity index (χ2n) is 8.88. The molecule has 0 aliphatic heterocycles. The average Bonchev–Trinajstić information content (AvgIpc) is 3.22. The number of halogens is 2. The Morgan fingerprint density at radius 2 is 1.94 bits per heavy atom. The molecule has 2 unspecified atom stereocenters. The van der Waals surface area contributed by atoms with Crippen LogP contribution in [0, 0.1) is 12.7 Å². The maximum atomic E-state index is 14.6. The molecule has 0 saturated heterocycles. The second-order valence-corrected chi connectivity index (χ2v) is 11.1. The molecule has 0 bridgehead atoms. The van der Waals surface area contributed by atoms with Crippen LogP contribution in [0.2, 0.25) is 5.02 Å². The SMILES string of the molecule is Cc1ccc(S(=O)(=O)n2cc(-c3ncc(F)c(NC4(O)CCCCC4O)n3)c3cc(Cl)cnc32)cc1. The monoisotopic (exact) mass is 531 g/mol. The summed E-state index contributed by atoms with van der Waals surface area (Å²) in [6, 6.07) is 7.90. The van der Waals surface area contributed by atoms with Gasteiger partial charge in [-0.15, -0.1) is 0 Å². The summed E-state index contributed by atoms with van der Waals surface area (Å²) >= 11 is 6.16. The second kappa shape index (κ2) is 9.07. The highest BCUT2D eigenvalue weighted by molar-refractivity contribution is 7.90. The van der Waals surface area contributed by atoms with Gasteiger partial charge in [0.05, 0.1) is 16.1 Å². The van der Waals surface area contributed by atoms with Gasteiger partial charge in [0, 0.05) is 23.3 Å². The van der Waals surface area contributed by atoms with Crippen molar-refractivity contribution in [2.45, 2.75) is 49.3 Å². The van der Waals surface area contributed by atoms with Crippen LogP contribution in [0.3, 0.4) is 0 Å². The van der Waals surface area contributed by atoms with Crippen molar-refractivity contribution in [2.75, 3.05) is 5.32 Å². The van der Waals surface area contributed by atoms with E-state index >= 15 is 0 Å². The summed E-state index contributed by atoms with van der Waals surface area (Å²) in [7, 11) is -4.05. The number of anilines is 1. The van der Waals surface area contributed by atoms with Crippen LogP contribution in [-0.2, 0) is 10.0 Å². The summed E-state index contributed by atoms with van der Waals surface area (Å²) < 4.78 is 42.6. The Morgan fingerprint density at radius 1 is 1.19 bits per heavy atom. The minimum atomic E-state index is -4.05. The van der Waals surface area contributed by atoms with Crippen LogP contribution in [0.15, 0.2) is 53.8 Å². The van der Waals surface area contributed by atoms with Gasteiger partial charge in [-0.3, -0.25) is 0 Å². The molecule has 12 heteroatoms. The molecule has 9 nitrogen and oxygen atoms in total. The number of nitrogens with one attached hydrogen (secondary N) is 1. The molecule has 188 valence electrons. The molecule has 0 spiro atoms. The third kappa shape index (κ3) is 4.32. The fourth-order valence-corrected chi connectivity index (χ4v) is 5.79. The van der Waals surface area contributed by atoms with E-state index in [1.165, 1.54) is 30.6 Å². The van der Waals surface area contributed by atoms with Crippen LogP contribution in [-0.4, -0.2) is 49.4 Å². The van der Waals surface area contributed by atoms with Crippen molar-refractivity contribution in [2.24, 2.45) is 0 Å². The highest BCUT2D eigenvalue weighted by atomic mass is 35.5. The molecule has 3 heterocycles. The van der Waals surface area contributed by atoms with E-state index in [0.717, 1.165) is 22.2 Å². The zero-order valence-corrected chi connectivity index (χ0v) is 20.8. The summed E-state index contributed by atoms with van der Waals surface area (Å²) in [4.78, 5) is 12.6. The quantitative estimate of drug-likeness (QED) is 0.331. The number of fused-ring (bicyclic) bond motifs is 1. The lowest BCUT2D eigenvalue weighted by Gasteiger charge is -2.37. The van der Waals surface area contributed by atoms with Crippen molar-refractivity contribution in [3.8, 4) is 11.4 Å². The molecule has 3 aromatic heterocycles. The number of hydrogen-bond acceptors (Lipinski definition) is 8. The Kier molecular flexibility index (Phi) is 6.19. The predicted octanol–water partition coefficient (Wildman–Crippen LogP) is 3.87. The molecule has 0 amide bonds. The molecule has 3 N–H and O–H groups in total. The number of aliphatic hydroxyl groups is 2. The fraction of sp³-hybridized carbons (Fsp3) is 0.292. The lowest BCUT2D eigenvalue weighted by molar-refractivity contribution is -0.0798. The third-order valence-corrected chi connectivity index (χ3v) is 8.18. The van der Waals surface area contributed by atoms with Gasteiger partial charge in [0.25, 0.3) is 10.0 Å². The molecule has 36 heavy (non-hydrogen) atoms. The third-order valence-electron chi connectivity index (χ3n) is 6.31. The van der Waals surface area contributed by atoms with Crippen LogP contribution in [0.5, 0.6) is 0 Å². The highest BCUT2D eigenvalue weighted by Gasteiger charge is 2.39. The molecule has 2 atom stereocenters. The molecule has 1 fully saturated rings. The van der Waals surface area contributed by atoms with Crippen LogP contribution in [0.25, 0.3) is 22.4 Å². The number of rotatable bonds is 5. The molecule has 4 aromatic rings. The first-order chi connectivity index (χ1) is 17.1.